The molecule has 16 heavy (non-hydrogen) atoms. The Balaban J connectivity index is 2.15. The fourth-order valence-corrected chi connectivity index (χ4v) is 1.85. The van der Waals surface area contributed by atoms with Crippen LogP contribution in [0, 0.1) is 5.95 Å². The SMILES string of the molecule is O=C(O)Cc1cnn(C2CCOCC2)c1F. The van der Waals surface area contributed by atoms with Crippen LogP contribution in [0.15, 0.2) is 6.20 Å². The number of hydrogen-bond donors (Lipinski definition) is 1. The molecular weight excluding hydrogens is 215 g/mol. The van der Waals surface area contributed by atoms with Crippen molar-refractivity contribution < 1.29 is 19.0 Å². The largest absolute Gasteiger partial charge is 0.481 e. The molecule has 1 aliphatic heterocycles. The maximum atomic E-state index is 13.8. The molecule has 0 bridgehead atoms. The maximum Gasteiger partial charge on any atom is 0.308 e. The van der Waals surface area contributed by atoms with Crippen LogP contribution in [-0.4, -0.2) is 34.1 Å². The van der Waals surface area contributed by atoms with Crippen molar-refractivity contribution in [1.29, 1.82) is 0 Å². The standard InChI is InChI=1S/C10H13FN2O3/c11-10-7(5-9(14)15)6-12-13(10)8-1-3-16-4-2-8/h6,8H,1-5H2,(H,14,15). The predicted octanol–water partition coefficient (Wildman–Crippen LogP) is 1.00. The molecule has 5 nitrogen and oxygen atoms in total. The molecule has 1 N–H and O–H groups in total. The Bertz CT molecular complexity index is 385. The number of carbonyl (C=O) groups is 1. The number of aromatic nitrogens is 2. The Kier molecular flexibility index (Phi) is 3.19. The van der Waals surface area contributed by atoms with Crippen molar-refractivity contribution >= 4 is 5.97 Å². The lowest BCUT2D eigenvalue weighted by Crippen LogP contribution is -2.21. The van der Waals surface area contributed by atoms with Gasteiger partial charge in [-0.05, 0) is 12.8 Å². The number of aliphatic carboxylic acids is 1. The number of ether oxygens (including phenoxy) is 1. The van der Waals surface area contributed by atoms with E-state index in [1.165, 1.54) is 10.9 Å². The van der Waals surface area contributed by atoms with Crippen LogP contribution < -0.4 is 0 Å². The number of carboxylic acids is 1. The van der Waals surface area contributed by atoms with E-state index in [2.05, 4.69) is 5.10 Å². The molecule has 1 aromatic rings. The first-order chi connectivity index (χ1) is 7.68. The summed E-state index contributed by atoms with van der Waals surface area (Å²) in [4.78, 5) is 10.5. The first-order valence-electron chi connectivity index (χ1n) is 5.20. The van der Waals surface area contributed by atoms with Crippen LogP contribution in [0.5, 0.6) is 0 Å². The summed E-state index contributed by atoms with van der Waals surface area (Å²) in [6, 6.07) is -0.0173. The fourth-order valence-electron chi connectivity index (χ4n) is 1.85. The van der Waals surface area contributed by atoms with Gasteiger partial charge in [0.1, 0.15) is 0 Å². The van der Waals surface area contributed by atoms with E-state index >= 15 is 0 Å². The van der Waals surface area contributed by atoms with Gasteiger partial charge in [0, 0.05) is 18.8 Å². The Morgan fingerprint density at radius 3 is 2.94 bits per heavy atom. The van der Waals surface area contributed by atoms with Gasteiger partial charge in [0.05, 0.1) is 18.7 Å². The molecule has 0 unspecified atom stereocenters. The van der Waals surface area contributed by atoms with Gasteiger partial charge in [-0.2, -0.15) is 9.49 Å². The number of rotatable bonds is 3. The summed E-state index contributed by atoms with van der Waals surface area (Å²) in [6.45, 7) is 1.19. The third-order valence-corrected chi connectivity index (χ3v) is 2.68. The van der Waals surface area contributed by atoms with Crippen LogP contribution in [0.1, 0.15) is 24.4 Å². The van der Waals surface area contributed by atoms with Gasteiger partial charge in [0.25, 0.3) is 0 Å². The van der Waals surface area contributed by atoms with Gasteiger partial charge in [-0.1, -0.05) is 0 Å². The third kappa shape index (κ3) is 2.21. The molecule has 0 aromatic carbocycles. The number of halogens is 1. The van der Waals surface area contributed by atoms with Gasteiger partial charge < -0.3 is 9.84 Å². The van der Waals surface area contributed by atoms with E-state index in [9.17, 15) is 9.18 Å². The Labute approximate surface area is 91.8 Å². The van der Waals surface area contributed by atoms with Crippen LogP contribution >= 0.6 is 0 Å². The van der Waals surface area contributed by atoms with Crippen LogP contribution in [0.2, 0.25) is 0 Å². The molecule has 1 fully saturated rings. The van der Waals surface area contributed by atoms with Crippen molar-refractivity contribution in [3.05, 3.63) is 17.7 Å². The molecule has 88 valence electrons. The van der Waals surface area contributed by atoms with Gasteiger partial charge >= 0.3 is 5.97 Å². The lowest BCUT2D eigenvalue weighted by Gasteiger charge is -2.22. The Hall–Kier alpha value is -1.43. The van der Waals surface area contributed by atoms with E-state index in [0.29, 0.717) is 26.1 Å². The average molecular weight is 228 g/mol. The number of carboxylic acid groups (broad SMARTS) is 1. The molecular formula is C10H13FN2O3. The smallest absolute Gasteiger partial charge is 0.308 e. The molecule has 6 heteroatoms. The van der Waals surface area contributed by atoms with Crippen molar-refractivity contribution in [2.45, 2.75) is 25.3 Å². The summed E-state index contributed by atoms with van der Waals surface area (Å²) in [6.07, 6.45) is 2.39. The monoisotopic (exact) mass is 228 g/mol. The van der Waals surface area contributed by atoms with Crippen molar-refractivity contribution in [3.63, 3.8) is 0 Å². The normalized spacial score (nSPS) is 17.6. The average Bonchev–Trinajstić information content (AvgIpc) is 2.61. The molecule has 0 aliphatic carbocycles. The first-order valence-corrected chi connectivity index (χ1v) is 5.20. The first kappa shape index (κ1) is 11.1. The van der Waals surface area contributed by atoms with Gasteiger partial charge in [-0.25, -0.2) is 4.68 Å². The summed E-state index contributed by atoms with van der Waals surface area (Å²) >= 11 is 0. The fraction of sp³-hybridized carbons (Fsp3) is 0.600. The summed E-state index contributed by atoms with van der Waals surface area (Å²) in [5.74, 6) is -1.58. The summed E-state index contributed by atoms with van der Waals surface area (Å²) in [5.41, 5.74) is 0.138. The minimum absolute atomic E-state index is 0.0173. The number of hydrogen-bond acceptors (Lipinski definition) is 3. The second-order valence-corrected chi connectivity index (χ2v) is 3.82. The molecule has 1 aromatic heterocycles. The lowest BCUT2D eigenvalue weighted by molar-refractivity contribution is -0.136. The van der Waals surface area contributed by atoms with E-state index in [4.69, 9.17) is 9.84 Å². The topological polar surface area (TPSA) is 64.3 Å². The van der Waals surface area contributed by atoms with E-state index in [-0.39, 0.29) is 18.0 Å². The molecule has 0 spiro atoms. The maximum absolute atomic E-state index is 13.8. The highest BCUT2D eigenvalue weighted by atomic mass is 19.1. The molecule has 2 heterocycles. The van der Waals surface area contributed by atoms with E-state index in [0.717, 1.165) is 0 Å². The third-order valence-electron chi connectivity index (χ3n) is 2.68. The highest BCUT2D eigenvalue weighted by Crippen LogP contribution is 2.22. The zero-order valence-electron chi connectivity index (χ0n) is 8.73. The zero-order chi connectivity index (χ0) is 11.5. The van der Waals surface area contributed by atoms with Gasteiger partial charge in [-0.15, -0.1) is 0 Å². The minimum atomic E-state index is -1.05. The molecule has 2 rings (SSSR count). The van der Waals surface area contributed by atoms with Gasteiger partial charge in [0.2, 0.25) is 5.95 Å². The van der Waals surface area contributed by atoms with E-state index < -0.39 is 11.9 Å². The van der Waals surface area contributed by atoms with Crippen LogP contribution in [0.25, 0.3) is 0 Å². The van der Waals surface area contributed by atoms with Crippen molar-refractivity contribution in [2.75, 3.05) is 13.2 Å². The van der Waals surface area contributed by atoms with Crippen molar-refractivity contribution in [3.8, 4) is 0 Å². The van der Waals surface area contributed by atoms with E-state index in [1.54, 1.807) is 0 Å². The summed E-state index contributed by atoms with van der Waals surface area (Å²) in [7, 11) is 0. The van der Waals surface area contributed by atoms with Crippen molar-refractivity contribution in [1.82, 2.24) is 9.78 Å². The Morgan fingerprint density at radius 2 is 2.31 bits per heavy atom. The van der Waals surface area contributed by atoms with Crippen LogP contribution in [0.3, 0.4) is 0 Å². The second kappa shape index (κ2) is 4.61. The minimum Gasteiger partial charge on any atom is -0.481 e. The molecule has 0 amide bonds. The van der Waals surface area contributed by atoms with Gasteiger partial charge in [0.15, 0.2) is 0 Å². The molecule has 1 aliphatic rings. The summed E-state index contributed by atoms with van der Waals surface area (Å²) < 4.78 is 20.2. The molecule has 1 saturated heterocycles. The second-order valence-electron chi connectivity index (χ2n) is 3.82. The van der Waals surface area contributed by atoms with Crippen LogP contribution in [-0.2, 0) is 16.0 Å². The molecule has 0 atom stereocenters. The zero-order valence-corrected chi connectivity index (χ0v) is 8.73. The van der Waals surface area contributed by atoms with Crippen molar-refractivity contribution in [2.24, 2.45) is 0 Å². The quantitative estimate of drug-likeness (QED) is 0.838. The highest BCUT2D eigenvalue weighted by molar-refractivity contribution is 5.69. The molecule has 0 saturated carbocycles. The van der Waals surface area contributed by atoms with Gasteiger partial charge in [-0.3, -0.25) is 4.79 Å². The van der Waals surface area contributed by atoms with E-state index in [1.807, 2.05) is 0 Å². The number of nitrogens with zero attached hydrogens (tertiary/aromatic N) is 2. The van der Waals surface area contributed by atoms with Crippen LogP contribution in [0.4, 0.5) is 4.39 Å². The molecule has 0 radical (unpaired) electrons. The predicted molar refractivity (Wildman–Crippen MR) is 52.6 cm³/mol. The Morgan fingerprint density at radius 1 is 1.62 bits per heavy atom. The highest BCUT2D eigenvalue weighted by Gasteiger charge is 2.22. The lowest BCUT2D eigenvalue weighted by atomic mass is 10.1. The summed E-state index contributed by atoms with van der Waals surface area (Å²) in [5, 5.41) is 12.5.